The van der Waals surface area contributed by atoms with Crippen LogP contribution in [0.4, 0.5) is 0 Å². The number of hydrogen-bond acceptors (Lipinski definition) is 2. The lowest BCUT2D eigenvalue weighted by Crippen LogP contribution is -2.12. The molecular weight excluding hydrogens is 118 g/mol. The maximum atomic E-state index is 10.2. The predicted molar refractivity (Wildman–Crippen MR) is 31.5 cm³/mol. The number of nitrogens with zero attached hydrogens (tertiary/aromatic N) is 1. The van der Waals surface area contributed by atoms with Crippen molar-refractivity contribution in [2.75, 3.05) is 0 Å². The highest BCUT2D eigenvalue weighted by molar-refractivity contribution is 5.76. The van der Waals surface area contributed by atoms with Gasteiger partial charge >= 0.3 is 0 Å². The van der Waals surface area contributed by atoms with Crippen LogP contribution < -0.4 is 5.73 Å². The first-order valence-electron chi connectivity index (χ1n) is 2.55. The molecule has 1 heterocycles. The molecule has 0 radical (unpaired) electrons. The largest absolute Gasteiger partial charge is 0.369 e. The number of carbonyl (C=O) groups is 1. The van der Waals surface area contributed by atoms with E-state index in [-0.39, 0.29) is 12.3 Å². The summed E-state index contributed by atoms with van der Waals surface area (Å²) in [6, 6.07) is 0. The van der Waals surface area contributed by atoms with Crippen molar-refractivity contribution in [1.82, 2.24) is 10.2 Å². The predicted octanol–water partition coefficient (Wildman–Crippen LogP) is -0.563. The van der Waals surface area contributed by atoms with E-state index in [9.17, 15) is 4.79 Å². The molecule has 0 spiro atoms. The summed E-state index contributed by atoms with van der Waals surface area (Å²) in [5.41, 5.74) is 5.72. The first kappa shape index (κ1) is 5.81. The Balaban J connectivity index is 2.58. The van der Waals surface area contributed by atoms with Gasteiger partial charge in [-0.05, 0) is 5.56 Å². The third-order valence-corrected chi connectivity index (χ3v) is 0.933. The summed E-state index contributed by atoms with van der Waals surface area (Å²) in [6.07, 6.45) is 3.48. The fourth-order valence-electron chi connectivity index (χ4n) is 0.575. The number of rotatable bonds is 2. The van der Waals surface area contributed by atoms with Crippen LogP contribution in [-0.2, 0) is 11.2 Å². The highest BCUT2D eigenvalue weighted by atomic mass is 16.1. The van der Waals surface area contributed by atoms with Crippen LogP contribution in [0.15, 0.2) is 12.4 Å². The molecular formula is C5H7N3O. The molecule has 3 N–H and O–H groups in total. The van der Waals surface area contributed by atoms with Crippen LogP contribution in [0.1, 0.15) is 5.56 Å². The average Bonchev–Trinajstić information content (AvgIpc) is 2.15. The minimum Gasteiger partial charge on any atom is -0.369 e. The van der Waals surface area contributed by atoms with E-state index >= 15 is 0 Å². The Labute approximate surface area is 52.1 Å². The van der Waals surface area contributed by atoms with Gasteiger partial charge in [0.2, 0.25) is 5.91 Å². The third kappa shape index (κ3) is 1.56. The zero-order valence-corrected chi connectivity index (χ0v) is 4.79. The second kappa shape index (κ2) is 2.30. The van der Waals surface area contributed by atoms with Crippen LogP contribution >= 0.6 is 0 Å². The first-order valence-corrected chi connectivity index (χ1v) is 2.55. The molecule has 0 bridgehead atoms. The Morgan fingerprint density at radius 1 is 1.89 bits per heavy atom. The summed E-state index contributed by atoms with van der Waals surface area (Å²) in [6.45, 7) is 0. The first-order chi connectivity index (χ1) is 4.29. The standard InChI is InChI=1S/C5H7N3O/c6-5(9)1-4-2-7-8-3-4/h2-3H,1H2,(H2,6,9)(H,7,8). The summed E-state index contributed by atoms with van der Waals surface area (Å²) in [5, 5.41) is 6.22. The SMILES string of the molecule is NC(=O)Cc1cn[nH]c1. The van der Waals surface area contributed by atoms with Crippen LogP contribution in [0, 0.1) is 0 Å². The maximum absolute atomic E-state index is 10.2. The van der Waals surface area contributed by atoms with Gasteiger partial charge in [0, 0.05) is 6.20 Å². The molecule has 48 valence electrons. The fraction of sp³-hybridized carbons (Fsp3) is 0.200. The van der Waals surface area contributed by atoms with Gasteiger partial charge in [-0.2, -0.15) is 5.10 Å². The Bertz CT molecular complexity index is 192. The highest BCUT2D eigenvalue weighted by Crippen LogP contribution is 1.92. The number of nitrogens with two attached hydrogens (primary N) is 1. The average molecular weight is 125 g/mol. The maximum Gasteiger partial charge on any atom is 0.221 e. The molecule has 4 nitrogen and oxygen atoms in total. The van der Waals surface area contributed by atoms with Gasteiger partial charge in [0.15, 0.2) is 0 Å². The molecule has 0 aliphatic carbocycles. The van der Waals surface area contributed by atoms with Crippen molar-refractivity contribution in [3.05, 3.63) is 18.0 Å². The lowest BCUT2D eigenvalue weighted by molar-refractivity contribution is -0.117. The van der Waals surface area contributed by atoms with Crippen LogP contribution in [0.5, 0.6) is 0 Å². The molecule has 1 rings (SSSR count). The van der Waals surface area contributed by atoms with E-state index in [2.05, 4.69) is 10.2 Å². The van der Waals surface area contributed by atoms with Crippen LogP contribution in [-0.4, -0.2) is 16.1 Å². The van der Waals surface area contributed by atoms with Crippen molar-refractivity contribution >= 4 is 5.91 Å². The smallest absolute Gasteiger partial charge is 0.221 e. The molecule has 0 aromatic carbocycles. The minimum atomic E-state index is -0.337. The van der Waals surface area contributed by atoms with Crippen molar-refractivity contribution in [3.63, 3.8) is 0 Å². The number of hydrogen-bond donors (Lipinski definition) is 2. The van der Waals surface area contributed by atoms with Crippen molar-refractivity contribution in [3.8, 4) is 0 Å². The van der Waals surface area contributed by atoms with E-state index in [4.69, 9.17) is 5.73 Å². The number of carbonyl (C=O) groups excluding carboxylic acids is 1. The van der Waals surface area contributed by atoms with E-state index in [1.807, 2.05) is 0 Å². The zero-order chi connectivity index (χ0) is 6.69. The summed E-state index contributed by atoms with van der Waals surface area (Å²) in [5.74, 6) is -0.337. The number of aromatic amines is 1. The Hall–Kier alpha value is -1.32. The molecule has 0 aliphatic rings. The molecule has 0 fully saturated rings. The van der Waals surface area contributed by atoms with Crippen LogP contribution in [0.3, 0.4) is 0 Å². The van der Waals surface area contributed by atoms with Gasteiger partial charge in [0.1, 0.15) is 0 Å². The monoisotopic (exact) mass is 125 g/mol. The molecule has 0 aliphatic heterocycles. The molecule has 1 aromatic heterocycles. The summed E-state index contributed by atoms with van der Waals surface area (Å²) < 4.78 is 0. The second-order valence-electron chi connectivity index (χ2n) is 1.75. The van der Waals surface area contributed by atoms with Gasteiger partial charge in [0.25, 0.3) is 0 Å². The van der Waals surface area contributed by atoms with Gasteiger partial charge in [-0.1, -0.05) is 0 Å². The third-order valence-electron chi connectivity index (χ3n) is 0.933. The Kier molecular flexibility index (Phi) is 1.48. The minimum absolute atomic E-state index is 0.260. The molecule has 0 atom stereocenters. The fourth-order valence-corrected chi connectivity index (χ4v) is 0.575. The quantitative estimate of drug-likeness (QED) is 0.556. The second-order valence-corrected chi connectivity index (χ2v) is 1.75. The van der Waals surface area contributed by atoms with Crippen molar-refractivity contribution in [2.24, 2.45) is 5.73 Å². The molecule has 0 saturated carbocycles. The van der Waals surface area contributed by atoms with E-state index in [0.717, 1.165) is 5.56 Å². The number of aromatic nitrogens is 2. The van der Waals surface area contributed by atoms with Gasteiger partial charge in [-0.25, -0.2) is 0 Å². The lowest BCUT2D eigenvalue weighted by Gasteiger charge is -1.85. The molecule has 4 heteroatoms. The summed E-state index contributed by atoms with van der Waals surface area (Å²) in [4.78, 5) is 10.2. The van der Waals surface area contributed by atoms with E-state index < -0.39 is 0 Å². The number of nitrogens with one attached hydrogen (secondary N) is 1. The number of primary amides is 1. The molecule has 1 aromatic rings. The van der Waals surface area contributed by atoms with E-state index in [0.29, 0.717) is 0 Å². The lowest BCUT2D eigenvalue weighted by atomic mass is 10.2. The molecule has 1 amide bonds. The Morgan fingerprint density at radius 3 is 3.11 bits per heavy atom. The van der Waals surface area contributed by atoms with Gasteiger partial charge in [0.05, 0.1) is 12.6 Å². The number of amides is 1. The zero-order valence-electron chi connectivity index (χ0n) is 4.79. The summed E-state index contributed by atoms with van der Waals surface area (Å²) >= 11 is 0. The highest BCUT2D eigenvalue weighted by Gasteiger charge is 1.96. The Morgan fingerprint density at radius 2 is 2.67 bits per heavy atom. The van der Waals surface area contributed by atoms with E-state index in [1.165, 1.54) is 0 Å². The van der Waals surface area contributed by atoms with Crippen molar-refractivity contribution in [1.29, 1.82) is 0 Å². The number of H-pyrrole nitrogens is 1. The normalized spacial score (nSPS) is 9.33. The molecule has 9 heavy (non-hydrogen) atoms. The van der Waals surface area contributed by atoms with Crippen LogP contribution in [0.2, 0.25) is 0 Å². The van der Waals surface area contributed by atoms with Crippen molar-refractivity contribution < 1.29 is 4.79 Å². The topological polar surface area (TPSA) is 71.8 Å². The van der Waals surface area contributed by atoms with E-state index in [1.54, 1.807) is 12.4 Å². The molecule has 0 saturated heterocycles. The van der Waals surface area contributed by atoms with Crippen molar-refractivity contribution in [2.45, 2.75) is 6.42 Å². The van der Waals surface area contributed by atoms with Gasteiger partial charge in [-0.3, -0.25) is 9.89 Å². The van der Waals surface area contributed by atoms with Gasteiger partial charge in [-0.15, -0.1) is 0 Å². The summed E-state index contributed by atoms with van der Waals surface area (Å²) in [7, 11) is 0. The molecule has 0 unspecified atom stereocenters. The van der Waals surface area contributed by atoms with Crippen LogP contribution in [0.25, 0.3) is 0 Å². The van der Waals surface area contributed by atoms with Gasteiger partial charge < -0.3 is 5.73 Å².